The van der Waals surface area contributed by atoms with Crippen molar-refractivity contribution in [3.8, 4) is 0 Å². The van der Waals surface area contributed by atoms with E-state index in [1.165, 1.54) is 22.1 Å². The molecule has 0 radical (unpaired) electrons. The van der Waals surface area contributed by atoms with E-state index in [-0.39, 0.29) is 24.0 Å². The average molecular weight is 486 g/mol. The average Bonchev–Trinajstić information content (AvgIpc) is 3.31. The van der Waals surface area contributed by atoms with E-state index < -0.39 is 0 Å². The molecule has 1 aromatic heterocycles. The first-order valence-corrected chi connectivity index (χ1v) is 9.95. The molecule has 2 fully saturated rings. The Bertz CT molecular complexity index is 744. The highest BCUT2D eigenvalue weighted by Gasteiger charge is 2.30. The summed E-state index contributed by atoms with van der Waals surface area (Å²) in [7, 11) is 1.89. The Kier molecular flexibility index (Phi) is 7.13. The van der Waals surface area contributed by atoms with Crippen molar-refractivity contribution >= 4 is 51.4 Å². The van der Waals surface area contributed by atoms with Crippen LogP contribution >= 0.6 is 35.3 Å². The third-order valence-electron chi connectivity index (χ3n) is 5.23. The van der Waals surface area contributed by atoms with Gasteiger partial charge in [-0.2, -0.15) is 0 Å². The Labute approximate surface area is 176 Å². The topological polar surface area (TPSA) is 40.1 Å². The summed E-state index contributed by atoms with van der Waals surface area (Å²) in [5.41, 5.74) is 1.35. The first kappa shape index (κ1) is 19.9. The van der Waals surface area contributed by atoms with Gasteiger partial charge in [-0.15, -0.1) is 35.3 Å². The van der Waals surface area contributed by atoms with Crippen molar-refractivity contribution < 1.29 is 4.74 Å². The molecule has 1 atom stereocenters. The minimum Gasteiger partial charge on any atom is -0.379 e. The smallest absolute Gasteiger partial charge is 0.193 e. The highest BCUT2D eigenvalue weighted by Crippen LogP contribution is 2.25. The van der Waals surface area contributed by atoms with Crippen molar-refractivity contribution in [3.05, 3.63) is 35.2 Å². The van der Waals surface area contributed by atoms with Gasteiger partial charge in [0, 0.05) is 50.5 Å². The van der Waals surface area contributed by atoms with Crippen LogP contribution in [-0.2, 0) is 11.3 Å². The maximum atomic E-state index is 5.48. The molecule has 7 heteroatoms. The molecule has 5 nitrogen and oxygen atoms in total. The Morgan fingerprint density at radius 2 is 2.08 bits per heavy atom. The Balaban J connectivity index is 0.00000196. The van der Waals surface area contributed by atoms with Gasteiger partial charge in [-0.05, 0) is 28.8 Å². The number of hydrogen-bond donors (Lipinski definition) is 1. The number of halogens is 1. The number of nitrogens with zero attached hydrogens (tertiary/aromatic N) is 3. The fraction of sp³-hybridized carbons (Fsp3) is 0.526. The summed E-state index contributed by atoms with van der Waals surface area (Å²) in [6.45, 7) is 6.83. The van der Waals surface area contributed by atoms with Crippen LogP contribution in [-0.4, -0.2) is 68.2 Å². The molecule has 2 saturated heterocycles. The van der Waals surface area contributed by atoms with Gasteiger partial charge >= 0.3 is 0 Å². The van der Waals surface area contributed by atoms with Crippen LogP contribution in [0.25, 0.3) is 10.1 Å². The summed E-state index contributed by atoms with van der Waals surface area (Å²) >= 11 is 1.81. The van der Waals surface area contributed by atoms with Gasteiger partial charge in [0.1, 0.15) is 0 Å². The predicted octanol–water partition coefficient (Wildman–Crippen LogP) is 3.00. The predicted molar refractivity (Wildman–Crippen MR) is 120 cm³/mol. The van der Waals surface area contributed by atoms with Gasteiger partial charge in [0.2, 0.25) is 0 Å². The number of fused-ring (bicyclic) bond motifs is 1. The van der Waals surface area contributed by atoms with E-state index >= 15 is 0 Å². The normalized spacial score (nSPS) is 21.8. The van der Waals surface area contributed by atoms with E-state index in [0.717, 1.165) is 51.9 Å². The molecule has 1 N–H and O–H groups in total. The number of ether oxygens (including phenoxy) is 1. The minimum atomic E-state index is 0. The molecule has 0 amide bonds. The summed E-state index contributed by atoms with van der Waals surface area (Å²) < 4.78 is 6.83. The number of likely N-dealkylation sites (tertiary alicyclic amines) is 1. The van der Waals surface area contributed by atoms with Crippen LogP contribution in [0.15, 0.2) is 34.6 Å². The molecule has 2 aliphatic rings. The van der Waals surface area contributed by atoms with E-state index in [0.29, 0.717) is 6.04 Å². The minimum absolute atomic E-state index is 0. The highest BCUT2D eigenvalue weighted by atomic mass is 127. The summed E-state index contributed by atoms with van der Waals surface area (Å²) in [5, 5.41) is 7.17. The number of morpholine rings is 1. The van der Waals surface area contributed by atoms with Gasteiger partial charge in [-0.25, -0.2) is 0 Å². The lowest BCUT2D eigenvalue weighted by molar-refractivity contribution is 0.0195. The fourth-order valence-corrected chi connectivity index (χ4v) is 4.81. The van der Waals surface area contributed by atoms with Crippen LogP contribution in [0.3, 0.4) is 0 Å². The molecule has 3 heterocycles. The molecule has 4 rings (SSSR count). The summed E-state index contributed by atoms with van der Waals surface area (Å²) in [4.78, 5) is 9.49. The second-order valence-corrected chi connectivity index (χ2v) is 7.61. The maximum absolute atomic E-state index is 5.48. The summed E-state index contributed by atoms with van der Waals surface area (Å²) in [6, 6.07) is 9.23. The molecule has 142 valence electrons. The van der Waals surface area contributed by atoms with E-state index in [1.807, 2.05) is 18.4 Å². The van der Waals surface area contributed by atoms with Crippen molar-refractivity contribution in [1.29, 1.82) is 0 Å². The van der Waals surface area contributed by atoms with Gasteiger partial charge in [-0.3, -0.25) is 9.89 Å². The molecule has 1 unspecified atom stereocenters. The number of hydrogen-bond acceptors (Lipinski definition) is 4. The lowest BCUT2D eigenvalue weighted by Gasteiger charge is -2.32. The fourth-order valence-electron chi connectivity index (χ4n) is 3.85. The zero-order valence-electron chi connectivity index (χ0n) is 15.2. The summed E-state index contributed by atoms with van der Waals surface area (Å²) in [5.74, 6) is 1.02. The molecular weight excluding hydrogens is 459 g/mol. The van der Waals surface area contributed by atoms with Gasteiger partial charge in [-0.1, -0.05) is 18.2 Å². The monoisotopic (exact) mass is 486 g/mol. The molecule has 0 aliphatic carbocycles. The highest BCUT2D eigenvalue weighted by molar-refractivity contribution is 14.0. The SMILES string of the molecule is CN=C(NCc1csc2ccccc12)N1CCC(N2CCOCC2)C1.I. The van der Waals surface area contributed by atoms with Gasteiger partial charge in [0.15, 0.2) is 5.96 Å². The lowest BCUT2D eigenvalue weighted by Crippen LogP contribution is -2.46. The molecular formula is C19H27IN4OS. The molecule has 0 saturated carbocycles. The molecule has 1 aromatic carbocycles. The van der Waals surface area contributed by atoms with E-state index in [2.05, 4.69) is 49.8 Å². The summed E-state index contributed by atoms with van der Waals surface area (Å²) in [6.07, 6.45) is 1.21. The second-order valence-electron chi connectivity index (χ2n) is 6.69. The van der Waals surface area contributed by atoms with Crippen molar-refractivity contribution in [3.63, 3.8) is 0 Å². The van der Waals surface area contributed by atoms with Crippen LogP contribution in [0.1, 0.15) is 12.0 Å². The first-order valence-electron chi connectivity index (χ1n) is 9.07. The lowest BCUT2D eigenvalue weighted by atomic mass is 10.2. The molecule has 2 aromatic rings. The van der Waals surface area contributed by atoms with Gasteiger partial charge < -0.3 is 15.0 Å². The standard InChI is InChI=1S/C19H26N4OS.HI/c1-20-19(21-12-15-14-25-18-5-3-2-4-17(15)18)23-7-6-16(13-23)22-8-10-24-11-9-22;/h2-5,14,16H,6-13H2,1H3,(H,20,21);1H. The quantitative estimate of drug-likeness (QED) is 0.412. The largest absolute Gasteiger partial charge is 0.379 e. The van der Waals surface area contributed by atoms with Crippen LogP contribution in [0.5, 0.6) is 0 Å². The molecule has 26 heavy (non-hydrogen) atoms. The van der Waals surface area contributed by atoms with E-state index in [4.69, 9.17) is 4.74 Å². The van der Waals surface area contributed by atoms with Crippen LogP contribution < -0.4 is 5.32 Å². The third-order valence-corrected chi connectivity index (χ3v) is 6.25. The van der Waals surface area contributed by atoms with E-state index in [9.17, 15) is 0 Å². The van der Waals surface area contributed by atoms with Crippen LogP contribution in [0.2, 0.25) is 0 Å². The van der Waals surface area contributed by atoms with Gasteiger partial charge in [0.25, 0.3) is 0 Å². The van der Waals surface area contributed by atoms with Crippen LogP contribution in [0, 0.1) is 0 Å². The van der Waals surface area contributed by atoms with Crippen molar-refractivity contribution in [1.82, 2.24) is 15.1 Å². The number of thiophene rings is 1. The maximum Gasteiger partial charge on any atom is 0.193 e. The van der Waals surface area contributed by atoms with Crippen molar-refractivity contribution in [2.75, 3.05) is 46.4 Å². The Morgan fingerprint density at radius 3 is 2.88 bits per heavy atom. The van der Waals surface area contributed by atoms with Gasteiger partial charge in [0.05, 0.1) is 13.2 Å². The number of aliphatic imine (C=N–C) groups is 1. The zero-order valence-corrected chi connectivity index (χ0v) is 18.3. The van der Waals surface area contributed by atoms with Crippen molar-refractivity contribution in [2.45, 2.75) is 19.0 Å². The first-order chi connectivity index (χ1) is 12.3. The zero-order chi connectivity index (χ0) is 17.1. The Morgan fingerprint density at radius 1 is 1.27 bits per heavy atom. The van der Waals surface area contributed by atoms with Crippen molar-refractivity contribution in [2.24, 2.45) is 4.99 Å². The third kappa shape index (κ3) is 4.32. The molecule has 0 bridgehead atoms. The number of rotatable bonds is 3. The number of nitrogens with one attached hydrogen (secondary N) is 1. The number of guanidine groups is 1. The molecule has 2 aliphatic heterocycles. The van der Waals surface area contributed by atoms with Crippen LogP contribution in [0.4, 0.5) is 0 Å². The molecule has 0 spiro atoms. The Hall–Kier alpha value is -0.900. The second kappa shape index (κ2) is 9.34. The number of benzene rings is 1. The van der Waals surface area contributed by atoms with E-state index in [1.54, 1.807) is 0 Å².